The number of pyridine rings is 1. The third-order valence-electron chi connectivity index (χ3n) is 7.35. The third kappa shape index (κ3) is 5.65. The lowest BCUT2D eigenvalue weighted by Crippen LogP contribution is -2.43. The van der Waals surface area contributed by atoms with Crippen LogP contribution in [0.3, 0.4) is 0 Å². The van der Waals surface area contributed by atoms with Crippen LogP contribution in [-0.2, 0) is 19.5 Å². The molecule has 8 heteroatoms. The highest BCUT2D eigenvalue weighted by Crippen LogP contribution is 2.20. The summed E-state index contributed by atoms with van der Waals surface area (Å²) in [6.07, 6.45) is 5.35. The smallest absolute Gasteiger partial charge is 0.320 e. The van der Waals surface area contributed by atoms with E-state index in [0.29, 0.717) is 38.3 Å². The quantitative estimate of drug-likeness (QED) is 0.662. The van der Waals surface area contributed by atoms with Gasteiger partial charge in [0.2, 0.25) is 0 Å². The number of hydrogen-bond acceptors (Lipinski definition) is 5. The molecule has 1 N–H and O–H groups in total. The number of carbonyl (C=O) groups is 2. The van der Waals surface area contributed by atoms with Crippen LogP contribution in [0.2, 0.25) is 0 Å². The molecule has 0 unspecified atom stereocenters. The van der Waals surface area contributed by atoms with E-state index in [1.165, 1.54) is 17.5 Å². The van der Waals surface area contributed by atoms with Crippen molar-refractivity contribution in [1.29, 1.82) is 0 Å². The summed E-state index contributed by atoms with van der Waals surface area (Å²) in [7, 11) is 0. The molecule has 0 spiro atoms. The maximum atomic E-state index is 13.0. The molecule has 3 aliphatic rings. The number of β-amino-alcohol motifs (C(OH)–C–C–N with tert-alkyl or cyclic N) is 1. The molecule has 4 heterocycles. The number of aliphatic hydroxyl groups excluding tert-OH is 1. The molecule has 3 amide bonds. The maximum absolute atomic E-state index is 13.0. The fourth-order valence-corrected chi connectivity index (χ4v) is 5.44. The molecular weight excluding hydrogens is 442 g/mol. The summed E-state index contributed by atoms with van der Waals surface area (Å²) in [5, 5.41) is 10.7. The summed E-state index contributed by atoms with van der Waals surface area (Å²) in [4.78, 5) is 37.9. The SMILES string of the molecule is O=C(c1ccnc(CN2CCN(C[C@H](O)CN3CCc4ccccc4C3)C2=O)c1)N1CCCCC1. The lowest BCUT2D eigenvalue weighted by Gasteiger charge is -2.31. The lowest BCUT2D eigenvalue weighted by molar-refractivity contribution is 0.0724. The van der Waals surface area contributed by atoms with E-state index in [1.807, 2.05) is 11.0 Å². The molecule has 3 aliphatic heterocycles. The zero-order valence-electron chi connectivity index (χ0n) is 20.3. The van der Waals surface area contributed by atoms with Crippen LogP contribution in [0.1, 0.15) is 46.4 Å². The van der Waals surface area contributed by atoms with Gasteiger partial charge in [0, 0.05) is 64.1 Å². The second-order valence-corrected chi connectivity index (χ2v) is 9.95. The number of aliphatic hydroxyl groups is 1. The molecule has 1 atom stereocenters. The van der Waals surface area contributed by atoms with Gasteiger partial charge in [0.05, 0.1) is 18.3 Å². The van der Waals surface area contributed by atoms with Crippen LogP contribution in [0, 0.1) is 0 Å². The van der Waals surface area contributed by atoms with Gasteiger partial charge in [-0.15, -0.1) is 0 Å². The van der Waals surface area contributed by atoms with Gasteiger partial charge in [0.15, 0.2) is 0 Å². The second kappa shape index (κ2) is 10.7. The predicted molar refractivity (Wildman–Crippen MR) is 133 cm³/mol. The standard InChI is InChI=1S/C27H35N5O3/c33-25(19-29-13-9-21-6-2-3-7-23(21)17-29)20-32-15-14-31(27(32)35)18-24-16-22(8-10-28-24)26(34)30-11-4-1-5-12-30/h2-3,6-8,10,16,25,33H,1,4-5,9,11-15,17-20H2/t25-/m1/s1. The van der Waals surface area contributed by atoms with Gasteiger partial charge in [0.1, 0.15) is 0 Å². The Morgan fingerprint density at radius 1 is 0.943 bits per heavy atom. The highest BCUT2D eigenvalue weighted by molar-refractivity contribution is 5.94. The zero-order chi connectivity index (χ0) is 24.2. The summed E-state index contributed by atoms with van der Waals surface area (Å²) in [5.41, 5.74) is 4.07. The molecule has 1 aromatic heterocycles. The molecule has 0 bridgehead atoms. The predicted octanol–water partition coefficient (Wildman–Crippen LogP) is 2.36. The average molecular weight is 478 g/mol. The summed E-state index contributed by atoms with van der Waals surface area (Å²) < 4.78 is 0. The lowest BCUT2D eigenvalue weighted by atomic mass is 10.00. The molecule has 0 radical (unpaired) electrons. The minimum Gasteiger partial charge on any atom is -0.390 e. The molecule has 0 aliphatic carbocycles. The normalized spacial score (nSPS) is 19.7. The van der Waals surface area contributed by atoms with Crippen LogP contribution in [0.4, 0.5) is 4.79 Å². The number of carbonyl (C=O) groups excluding carboxylic acids is 2. The van der Waals surface area contributed by atoms with Gasteiger partial charge in [-0.1, -0.05) is 24.3 Å². The van der Waals surface area contributed by atoms with Crippen LogP contribution in [0.5, 0.6) is 0 Å². The molecule has 2 fully saturated rings. The van der Waals surface area contributed by atoms with Gasteiger partial charge in [-0.05, 0) is 48.9 Å². The van der Waals surface area contributed by atoms with Crippen LogP contribution in [-0.4, -0.2) is 93.5 Å². The highest BCUT2D eigenvalue weighted by Gasteiger charge is 2.31. The van der Waals surface area contributed by atoms with E-state index in [9.17, 15) is 14.7 Å². The Labute approximate surface area is 207 Å². The van der Waals surface area contributed by atoms with Crippen molar-refractivity contribution in [1.82, 2.24) is 24.6 Å². The molecule has 2 saturated heterocycles. The van der Waals surface area contributed by atoms with E-state index in [-0.39, 0.29) is 11.9 Å². The van der Waals surface area contributed by atoms with Gasteiger partial charge < -0.3 is 19.8 Å². The number of aromatic nitrogens is 1. The summed E-state index contributed by atoms with van der Waals surface area (Å²) in [5.74, 6) is 0.0474. The number of rotatable bonds is 7. The van der Waals surface area contributed by atoms with Crippen LogP contribution < -0.4 is 0 Å². The minimum absolute atomic E-state index is 0.0474. The van der Waals surface area contributed by atoms with Gasteiger partial charge in [-0.3, -0.25) is 14.7 Å². The largest absolute Gasteiger partial charge is 0.390 e. The molecule has 0 saturated carbocycles. The van der Waals surface area contributed by atoms with E-state index >= 15 is 0 Å². The topological polar surface area (TPSA) is 80.2 Å². The Morgan fingerprint density at radius 2 is 1.71 bits per heavy atom. The number of likely N-dealkylation sites (tertiary alicyclic amines) is 1. The summed E-state index contributed by atoms with van der Waals surface area (Å²) in [6.45, 7) is 5.81. The number of fused-ring (bicyclic) bond motifs is 1. The number of benzene rings is 1. The number of piperidine rings is 1. The van der Waals surface area contributed by atoms with Gasteiger partial charge in [-0.25, -0.2) is 4.79 Å². The first kappa shape index (κ1) is 23.8. The minimum atomic E-state index is -0.590. The van der Waals surface area contributed by atoms with Crippen molar-refractivity contribution in [2.24, 2.45) is 0 Å². The summed E-state index contributed by atoms with van der Waals surface area (Å²) >= 11 is 0. The highest BCUT2D eigenvalue weighted by atomic mass is 16.3. The van der Waals surface area contributed by atoms with Gasteiger partial charge >= 0.3 is 6.03 Å². The number of urea groups is 1. The molecule has 186 valence electrons. The van der Waals surface area contributed by atoms with E-state index in [1.54, 1.807) is 22.1 Å². The van der Waals surface area contributed by atoms with E-state index in [2.05, 4.69) is 34.1 Å². The first-order valence-electron chi connectivity index (χ1n) is 12.8. The Bertz CT molecular complexity index is 1050. The molecule has 35 heavy (non-hydrogen) atoms. The van der Waals surface area contributed by atoms with Crippen molar-refractivity contribution in [3.05, 3.63) is 65.0 Å². The fourth-order valence-electron chi connectivity index (χ4n) is 5.44. The van der Waals surface area contributed by atoms with Crippen LogP contribution >= 0.6 is 0 Å². The Morgan fingerprint density at radius 3 is 2.54 bits per heavy atom. The fraction of sp³-hybridized carbons (Fsp3) is 0.519. The van der Waals surface area contributed by atoms with Gasteiger partial charge in [0.25, 0.3) is 5.91 Å². The molecule has 5 rings (SSSR count). The van der Waals surface area contributed by atoms with Crippen molar-refractivity contribution >= 4 is 11.9 Å². The van der Waals surface area contributed by atoms with Crippen LogP contribution in [0.25, 0.3) is 0 Å². The second-order valence-electron chi connectivity index (χ2n) is 9.95. The molecule has 8 nitrogen and oxygen atoms in total. The van der Waals surface area contributed by atoms with E-state index in [0.717, 1.165) is 51.1 Å². The van der Waals surface area contributed by atoms with Crippen LogP contribution in [0.15, 0.2) is 42.6 Å². The number of hydrogen-bond donors (Lipinski definition) is 1. The number of amides is 3. The monoisotopic (exact) mass is 477 g/mol. The average Bonchev–Trinajstić information content (AvgIpc) is 3.22. The first-order chi connectivity index (χ1) is 17.1. The Kier molecular flexibility index (Phi) is 7.29. The van der Waals surface area contributed by atoms with Crippen molar-refractivity contribution in [3.8, 4) is 0 Å². The summed E-state index contributed by atoms with van der Waals surface area (Å²) in [6, 6.07) is 12.0. The van der Waals surface area contributed by atoms with Crippen molar-refractivity contribution in [3.63, 3.8) is 0 Å². The first-order valence-corrected chi connectivity index (χ1v) is 12.8. The molecular formula is C27H35N5O3. The van der Waals surface area contributed by atoms with Gasteiger partial charge in [-0.2, -0.15) is 0 Å². The van der Waals surface area contributed by atoms with Crippen molar-refractivity contribution in [2.45, 2.75) is 44.9 Å². The Hall–Kier alpha value is -2.97. The van der Waals surface area contributed by atoms with E-state index in [4.69, 9.17) is 0 Å². The number of nitrogens with zero attached hydrogens (tertiary/aromatic N) is 5. The Balaban J connectivity index is 1.13. The molecule has 1 aromatic carbocycles. The van der Waals surface area contributed by atoms with E-state index < -0.39 is 6.10 Å². The third-order valence-corrected chi connectivity index (χ3v) is 7.35. The maximum Gasteiger partial charge on any atom is 0.320 e. The molecule has 2 aromatic rings. The van der Waals surface area contributed by atoms with Crippen molar-refractivity contribution < 1.29 is 14.7 Å². The zero-order valence-corrected chi connectivity index (χ0v) is 20.3. The van der Waals surface area contributed by atoms with Crippen molar-refractivity contribution in [2.75, 3.05) is 45.8 Å².